The number of carbonyl (C=O) groups is 3. The van der Waals surface area contributed by atoms with Crippen LogP contribution in [0.2, 0.25) is 0 Å². The minimum absolute atomic E-state index is 0.132. The predicted octanol–water partition coefficient (Wildman–Crippen LogP) is 3.41. The van der Waals surface area contributed by atoms with Gasteiger partial charge in [-0.25, -0.2) is 9.59 Å². The van der Waals surface area contributed by atoms with Gasteiger partial charge < -0.3 is 14.8 Å². The summed E-state index contributed by atoms with van der Waals surface area (Å²) >= 11 is 0.916. The highest BCUT2D eigenvalue weighted by Crippen LogP contribution is 2.22. The lowest BCUT2D eigenvalue weighted by molar-refractivity contribution is -0.118. The molecule has 0 aromatic heterocycles. The smallest absolute Gasteiger partial charge is 0.372 e. The third kappa shape index (κ3) is 6.60. The van der Waals surface area contributed by atoms with Crippen molar-refractivity contribution in [1.82, 2.24) is 5.32 Å². The van der Waals surface area contributed by atoms with Crippen molar-refractivity contribution in [3.63, 3.8) is 0 Å². The van der Waals surface area contributed by atoms with Crippen LogP contribution in [0.5, 0.6) is 5.75 Å². The fraction of sp³-hybridized carbons (Fsp3) is 0.211. The fourth-order valence-electron chi connectivity index (χ4n) is 2.01. The van der Waals surface area contributed by atoms with Crippen molar-refractivity contribution in [2.75, 3.05) is 12.3 Å². The van der Waals surface area contributed by atoms with E-state index in [1.165, 1.54) is 19.1 Å². The Kier molecular flexibility index (Phi) is 7.70. The van der Waals surface area contributed by atoms with Gasteiger partial charge in [0.05, 0.1) is 0 Å². The Bertz CT molecular complexity index is 764. The predicted molar refractivity (Wildman–Crippen MR) is 99.2 cm³/mol. The van der Waals surface area contributed by atoms with Crippen LogP contribution in [0.1, 0.15) is 22.8 Å². The number of nitrogens with one attached hydrogen (secondary N) is 1. The van der Waals surface area contributed by atoms with Crippen LogP contribution in [0.15, 0.2) is 54.6 Å². The second-order valence-electron chi connectivity index (χ2n) is 5.24. The van der Waals surface area contributed by atoms with E-state index in [-0.39, 0.29) is 23.8 Å². The summed E-state index contributed by atoms with van der Waals surface area (Å²) in [5.41, 5.74) is 1.04. The van der Waals surface area contributed by atoms with Crippen LogP contribution in [0.3, 0.4) is 0 Å². The molecule has 2 rings (SSSR count). The topological polar surface area (TPSA) is 81.7 Å². The quantitative estimate of drug-likeness (QED) is 0.592. The molecular weight excluding hydrogens is 354 g/mol. The van der Waals surface area contributed by atoms with Gasteiger partial charge in [-0.3, -0.25) is 4.79 Å². The summed E-state index contributed by atoms with van der Waals surface area (Å²) in [6, 6.07) is 15.7. The average molecular weight is 373 g/mol. The Morgan fingerprint density at radius 1 is 1.00 bits per heavy atom. The molecule has 0 aliphatic carbocycles. The maximum absolute atomic E-state index is 12.3. The number of ether oxygens (including phenoxy) is 2. The molecule has 0 atom stereocenters. The van der Waals surface area contributed by atoms with Crippen molar-refractivity contribution >= 4 is 28.9 Å². The number of para-hydroxylation sites is 1. The molecule has 1 amide bonds. The minimum Gasteiger partial charge on any atom is -0.457 e. The molecule has 0 spiro atoms. The Morgan fingerprint density at radius 3 is 2.42 bits per heavy atom. The van der Waals surface area contributed by atoms with Crippen LogP contribution in [0.25, 0.3) is 0 Å². The van der Waals surface area contributed by atoms with E-state index in [0.29, 0.717) is 12.3 Å². The Balaban J connectivity index is 1.90. The molecule has 0 saturated carbocycles. The number of esters is 1. The molecular formula is C19H19NO5S. The van der Waals surface area contributed by atoms with E-state index < -0.39 is 11.3 Å². The first kappa shape index (κ1) is 19.5. The van der Waals surface area contributed by atoms with Crippen LogP contribution < -0.4 is 10.1 Å². The summed E-state index contributed by atoms with van der Waals surface area (Å²) in [7, 11) is 0. The number of amides is 1. The fourth-order valence-corrected chi connectivity index (χ4v) is 2.53. The summed E-state index contributed by atoms with van der Waals surface area (Å²) in [5.74, 6) is -0.215. The van der Waals surface area contributed by atoms with Gasteiger partial charge in [0.1, 0.15) is 17.9 Å². The number of rotatable bonds is 7. The molecule has 0 bridgehead atoms. The zero-order chi connectivity index (χ0) is 18.8. The molecule has 2 aromatic rings. The number of benzene rings is 2. The lowest BCUT2D eigenvalue weighted by atomic mass is 10.2. The normalized spacial score (nSPS) is 10.0. The van der Waals surface area contributed by atoms with E-state index in [9.17, 15) is 14.4 Å². The van der Waals surface area contributed by atoms with Gasteiger partial charge in [0, 0.05) is 19.2 Å². The second kappa shape index (κ2) is 10.2. The first-order chi connectivity index (χ1) is 12.6. The van der Waals surface area contributed by atoms with E-state index in [4.69, 9.17) is 9.47 Å². The Morgan fingerprint density at radius 2 is 1.69 bits per heavy atom. The lowest BCUT2D eigenvalue weighted by Crippen LogP contribution is -2.23. The van der Waals surface area contributed by atoms with E-state index in [1.54, 1.807) is 12.1 Å². The molecule has 0 aliphatic rings. The summed E-state index contributed by atoms with van der Waals surface area (Å²) in [4.78, 5) is 35.0. The van der Waals surface area contributed by atoms with E-state index in [1.807, 2.05) is 30.3 Å². The highest BCUT2D eigenvalue weighted by atomic mass is 32.2. The zero-order valence-electron chi connectivity index (χ0n) is 14.3. The van der Waals surface area contributed by atoms with Crippen LogP contribution in [0, 0.1) is 0 Å². The third-order valence-corrected chi connectivity index (χ3v) is 3.94. The van der Waals surface area contributed by atoms with E-state index in [0.717, 1.165) is 17.3 Å². The monoisotopic (exact) mass is 373 g/mol. The summed E-state index contributed by atoms with van der Waals surface area (Å²) in [6.45, 7) is 1.89. The van der Waals surface area contributed by atoms with Crippen LogP contribution in [0.4, 0.5) is 4.79 Å². The Labute approximate surface area is 155 Å². The molecule has 26 heavy (non-hydrogen) atoms. The molecule has 0 fully saturated rings. The molecule has 6 nitrogen and oxygen atoms in total. The molecule has 2 aromatic carbocycles. The standard InChI is InChI=1S/C19H19NO5S/c1-14(21)20-11-12-26-19(23)25-17-10-6-5-9-16(17)18(22)24-13-15-7-3-2-4-8-15/h2-10H,11-13H2,1H3,(H,20,21). The highest BCUT2D eigenvalue weighted by molar-refractivity contribution is 8.13. The molecule has 1 N–H and O–H groups in total. The zero-order valence-corrected chi connectivity index (χ0v) is 15.1. The number of hydrogen-bond acceptors (Lipinski definition) is 6. The molecule has 136 valence electrons. The van der Waals surface area contributed by atoms with Gasteiger partial charge >= 0.3 is 11.3 Å². The minimum atomic E-state index is -0.569. The van der Waals surface area contributed by atoms with Gasteiger partial charge in [0.2, 0.25) is 5.91 Å². The molecule has 0 aliphatic heterocycles. The van der Waals surface area contributed by atoms with Gasteiger partial charge in [0.15, 0.2) is 0 Å². The first-order valence-electron chi connectivity index (χ1n) is 7.95. The lowest BCUT2D eigenvalue weighted by Gasteiger charge is -2.10. The number of carbonyl (C=O) groups excluding carboxylic acids is 3. The summed E-state index contributed by atoms with van der Waals surface area (Å²) < 4.78 is 10.5. The van der Waals surface area contributed by atoms with Crippen molar-refractivity contribution < 1.29 is 23.9 Å². The second-order valence-corrected chi connectivity index (χ2v) is 6.27. The van der Waals surface area contributed by atoms with Gasteiger partial charge in [0.25, 0.3) is 0 Å². The molecule has 0 saturated heterocycles. The van der Waals surface area contributed by atoms with Gasteiger partial charge in [-0.05, 0) is 29.5 Å². The van der Waals surface area contributed by atoms with E-state index >= 15 is 0 Å². The molecule has 0 heterocycles. The van der Waals surface area contributed by atoms with Crippen LogP contribution >= 0.6 is 11.8 Å². The van der Waals surface area contributed by atoms with Crippen molar-refractivity contribution in [3.05, 3.63) is 65.7 Å². The largest absolute Gasteiger partial charge is 0.457 e. The third-order valence-electron chi connectivity index (χ3n) is 3.21. The Hall–Kier alpha value is -2.80. The number of hydrogen-bond donors (Lipinski definition) is 1. The SMILES string of the molecule is CC(=O)NCCSC(=O)Oc1ccccc1C(=O)OCc1ccccc1. The average Bonchev–Trinajstić information content (AvgIpc) is 2.64. The van der Waals surface area contributed by atoms with Crippen molar-refractivity contribution in [2.45, 2.75) is 13.5 Å². The van der Waals surface area contributed by atoms with E-state index in [2.05, 4.69) is 5.32 Å². The van der Waals surface area contributed by atoms with Gasteiger partial charge in [-0.1, -0.05) is 42.5 Å². The van der Waals surface area contributed by atoms with Crippen molar-refractivity contribution in [1.29, 1.82) is 0 Å². The molecule has 7 heteroatoms. The maximum Gasteiger partial charge on any atom is 0.372 e. The van der Waals surface area contributed by atoms with Crippen molar-refractivity contribution in [2.24, 2.45) is 0 Å². The van der Waals surface area contributed by atoms with Crippen LogP contribution in [-0.2, 0) is 16.1 Å². The number of thioether (sulfide) groups is 1. The first-order valence-corrected chi connectivity index (χ1v) is 8.94. The highest BCUT2D eigenvalue weighted by Gasteiger charge is 2.16. The van der Waals surface area contributed by atoms with Crippen LogP contribution in [-0.4, -0.2) is 29.5 Å². The summed E-state index contributed by atoms with van der Waals surface area (Å²) in [5, 5.41) is 2.03. The summed E-state index contributed by atoms with van der Waals surface area (Å²) in [6.07, 6.45) is 0. The molecule has 0 radical (unpaired) electrons. The molecule has 0 unspecified atom stereocenters. The maximum atomic E-state index is 12.3. The van der Waals surface area contributed by atoms with Gasteiger partial charge in [-0.15, -0.1) is 0 Å². The van der Waals surface area contributed by atoms with Crippen molar-refractivity contribution in [3.8, 4) is 5.75 Å². The van der Waals surface area contributed by atoms with Gasteiger partial charge in [-0.2, -0.15) is 0 Å².